The molecule has 1 atom stereocenters. The van der Waals surface area contributed by atoms with Crippen molar-refractivity contribution in [3.63, 3.8) is 0 Å². The van der Waals surface area contributed by atoms with Crippen LogP contribution in [0.25, 0.3) is 0 Å². The number of Topliss-reactive ketones (excluding diaryl/α,β-unsaturated/α-hetero) is 1. The van der Waals surface area contributed by atoms with Crippen molar-refractivity contribution in [1.29, 1.82) is 5.26 Å². The zero-order chi connectivity index (χ0) is 28.1. The van der Waals surface area contributed by atoms with Gasteiger partial charge >= 0.3 is 0 Å². The summed E-state index contributed by atoms with van der Waals surface area (Å²) in [5, 5.41) is 17.4. The Morgan fingerprint density at radius 1 is 1.00 bits per heavy atom. The minimum Gasteiger partial charge on any atom is -0.353 e. The van der Waals surface area contributed by atoms with Gasteiger partial charge in [0.1, 0.15) is 0 Å². The van der Waals surface area contributed by atoms with E-state index in [-0.39, 0.29) is 28.8 Å². The molecule has 39 heavy (non-hydrogen) atoms. The molecule has 1 heterocycles. The van der Waals surface area contributed by atoms with Gasteiger partial charge in [-0.25, -0.2) is 0 Å². The second kappa shape index (κ2) is 12.4. The van der Waals surface area contributed by atoms with Crippen LogP contribution in [0, 0.1) is 11.3 Å². The number of ketones is 2. The molecule has 1 aliphatic heterocycles. The van der Waals surface area contributed by atoms with Crippen molar-refractivity contribution < 1.29 is 14.4 Å². The third-order valence-electron chi connectivity index (χ3n) is 6.11. The van der Waals surface area contributed by atoms with Crippen LogP contribution in [0.15, 0.2) is 94.7 Å². The number of carbonyl (C=O) groups is 3. The van der Waals surface area contributed by atoms with Gasteiger partial charge in [-0.1, -0.05) is 77.4 Å². The van der Waals surface area contributed by atoms with Crippen molar-refractivity contribution in [2.45, 2.75) is 19.8 Å². The number of nitriles is 1. The number of carbonyl (C=O) groups excluding carboxylic acids is 3. The predicted octanol–water partition coefficient (Wildman–Crippen LogP) is 6.88. The van der Waals surface area contributed by atoms with Gasteiger partial charge in [0, 0.05) is 32.4 Å². The lowest BCUT2D eigenvalue weighted by Crippen LogP contribution is -2.28. The van der Waals surface area contributed by atoms with E-state index in [1.807, 2.05) is 6.07 Å². The van der Waals surface area contributed by atoms with E-state index in [0.29, 0.717) is 43.2 Å². The number of hydrogen-bond acceptors (Lipinski definition) is 6. The Bertz CT molecular complexity index is 1560. The predicted molar refractivity (Wildman–Crippen MR) is 156 cm³/mol. The highest BCUT2D eigenvalue weighted by atomic mass is 35.5. The molecule has 3 aromatic rings. The molecular weight excluding hydrogens is 553 g/mol. The van der Waals surface area contributed by atoms with Gasteiger partial charge in [0.2, 0.25) is 5.91 Å². The number of dihydropyridines is 1. The number of rotatable bonds is 8. The van der Waals surface area contributed by atoms with E-state index >= 15 is 0 Å². The molecule has 1 amide bonds. The van der Waals surface area contributed by atoms with Gasteiger partial charge in [-0.15, -0.1) is 0 Å². The minimum atomic E-state index is -0.595. The van der Waals surface area contributed by atoms with E-state index in [4.69, 9.17) is 23.2 Å². The van der Waals surface area contributed by atoms with Crippen molar-refractivity contribution in [1.82, 2.24) is 5.32 Å². The third kappa shape index (κ3) is 6.43. The van der Waals surface area contributed by atoms with E-state index in [9.17, 15) is 19.6 Å². The molecule has 0 spiro atoms. The third-order valence-corrected chi connectivity index (χ3v) is 7.62. The Morgan fingerprint density at radius 2 is 1.67 bits per heavy atom. The zero-order valence-corrected chi connectivity index (χ0v) is 23.4. The second-order valence-electron chi connectivity index (χ2n) is 8.78. The highest BCUT2D eigenvalue weighted by Gasteiger charge is 2.33. The Kier molecular flexibility index (Phi) is 8.93. The SMILES string of the molecule is CC(=O)C1=C(C)NC(SCC(=O)Nc2ccc(Cl)cc2C(=O)c2ccccc2)=C(C#N)[C@@H]1c1ccc(Cl)cc1. The molecule has 6 nitrogen and oxygen atoms in total. The largest absolute Gasteiger partial charge is 0.353 e. The van der Waals surface area contributed by atoms with E-state index in [2.05, 4.69) is 16.7 Å². The Morgan fingerprint density at radius 3 is 2.31 bits per heavy atom. The molecule has 2 N–H and O–H groups in total. The molecule has 9 heteroatoms. The molecule has 0 saturated carbocycles. The first-order chi connectivity index (χ1) is 18.7. The van der Waals surface area contributed by atoms with Crippen LogP contribution < -0.4 is 10.6 Å². The molecule has 0 fully saturated rings. The van der Waals surface area contributed by atoms with E-state index < -0.39 is 5.92 Å². The fourth-order valence-corrected chi connectivity index (χ4v) is 5.55. The number of nitrogens with zero attached hydrogens (tertiary/aromatic N) is 1. The van der Waals surface area contributed by atoms with Gasteiger partial charge in [0.25, 0.3) is 0 Å². The van der Waals surface area contributed by atoms with Gasteiger partial charge in [0.15, 0.2) is 11.6 Å². The minimum absolute atomic E-state index is 0.0505. The lowest BCUT2D eigenvalue weighted by Gasteiger charge is -2.29. The average Bonchev–Trinajstić information content (AvgIpc) is 2.92. The lowest BCUT2D eigenvalue weighted by atomic mass is 9.81. The average molecular weight is 577 g/mol. The summed E-state index contributed by atoms with van der Waals surface area (Å²) in [5.41, 5.74) is 3.24. The van der Waals surface area contributed by atoms with Gasteiger partial charge in [0.05, 0.1) is 34.0 Å². The van der Waals surface area contributed by atoms with Crippen molar-refractivity contribution in [2.75, 3.05) is 11.1 Å². The van der Waals surface area contributed by atoms with Gasteiger partial charge < -0.3 is 10.6 Å². The van der Waals surface area contributed by atoms with E-state index in [1.165, 1.54) is 13.0 Å². The van der Waals surface area contributed by atoms with Crippen LogP contribution in [-0.4, -0.2) is 23.2 Å². The normalized spacial score (nSPS) is 14.9. The Hall–Kier alpha value is -3.83. The van der Waals surface area contributed by atoms with Crippen LogP contribution >= 0.6 is 35.0 Å². The van der Waals surface area contributed by atoms with Gasteiger partial charge in [-0.3, -0.25) is 14.4 Å². The van der Waals surface area contributed by atoms with Crippen molar-refractivity contribution in [2.24, 2.45) is 0 Å². The molecule has 0 aliphatic carbocycles. The number of allylic oxidation sites excluding steroid dienone is 3. The number of thioether (sulfide) groups is 1. The maximum Gasteiger partial charge on any atom is 0.234 e. The smallest absolute Gasteiger partial charge is 0.234 e. The van der Waals surface area contributed by atoms with Crippen molar-refractivity contribution in [3.8, 4) is 6.07 Å². The molecule has 0 aromatic heterocycles. The summed E-state index contributed by atoms with van der Waals surface area (Å²) >= 11 is 13.3. The summed E-state index contributed by atoms with van der Waals surface area (Å²) in [7, 11) is 0. The highest BCUT2D eigenvalue weighted by Crippen LogP contribution is 2.41. The lowest BCUT2D eigenvalue weighted by molar-refractivity contribution is -0.114. The topological polar surface area (TPSA) is 99.1 Å². The summed E-state index contributed by atoms with van der Waals surface area (Å²) in [4.78, 5) is 38.6. The molecule has 196 valence electrons. The summed E-state index contributed by atoms with van der Waals surface area (Å²) in [6, 6.07) is 22.6. The molecular formula is C30H23Cl2N3O3S. The fraction of sp³-hybridized carbons (Fsp3) is 0.133. The number of hydrogen-bond donors (Lipinski definition) is 2. The number of amides is 1. The maximum atomic E-state index is 13.1. The fourth-order valence-electron chi connectivity index (χ4n) is 4.36. The van der Waals surface area contributed by atoms with Crippen LogP contribution in [0.1, 0.15) is 41.3 Å². The van der Waals surface area contributed by atoms with Crippen LogP contribution in [0.5, 0.6) is 0 Å². The molecule has 0 unspecified atom stereocenters. The zero-order valence-electron chi connectivity index (χ0n) is 21.0. The first-order valence-corrected chi connectivity index (χ1v) is 13.6. The van der Waals surface area contributed by atoms with Crippen LogP contribution in [-0.2, 0) is 9.59 Å². The number of halogens is 2. The second-order valence-corrected chi connectivity index (χ2v) is 10.6. The molecule has 0 bridgehead atoms. The number of nitrogens with one attached hydrogen (secondary N) is 2. The quantitative estimate of drug-likeness (QED) is 0.284. The van der Waals surface area contributed by atoms with Crippen molar-refractivity contribution >= 4 is 58.1 Å². The Balaban J connectivity index is 1.58. The standard InChI is InChI=1S/C30H23Cl2N3O3S/c1-17-27(18(2)36)28(19-8-10-21(31)11-9-19)24(15-33)30(34-17)39-16-26(37)35-25-13-12-22(32)14-23(25)29(38)20-6-4-3-5-7-20/h3-14,28,34H,16H2,1-2H3,(H,35,37)/t28-/m0/s1. The van der Waals surface area contributed by atoms with Crippen LogP contribution in [0.2, 0.25) is 10.0 Å². The van der Waals surface area contributed by atoms with Crippen LogP contribution in [0.3, 0.4) is 0 Å². The first kappa shape index (κ1) is 28.2. The maximum absolute atomic E-state index is 13.1. The van der Waals surface area contributed by atoms with Gasteiger partial charge in [-0.05, 0) is 49.7 Å². The Labute approximate surface area is 240 Å². The summed E-state index contributed by atoms with van der Waals surface area (Å²) in [5.74, 6) is -1.45. The van der Waals surface area contributed by atoms with Crippen molar-refractivity contribution in [3.05, 3.63) is 121 Å². The highest BCUT2D eigenvalue weighted by molar-refractivity contribution is 8.03. The van der Waals surface area contributed by atoms with E-state index in [1.54, 1.807) is 67.6 Å². The molecule has 0 saturated heterocycles. The number of anilines is 1. The summed E-state index contributed by atoms with van der Waals surface area (Å²) in [6.07, 6.45) is 0. The molecule has 1 aliphatic rings. The van der Waals surface area contributed by atoms with E-state index in [0.717, 1.165) is 17.3 Å². The molecule has 0 radical (unpaired) electrons. The molecule has 3 aromatic carbocycles. The monoisotopic (exact) mass is 575 g/mol. The summed E-state index contributed by atoms with van der Waals surface area (Å²) in [6.45, 7) is 3.23. The van der Waals surface area contributed by atoms with Crippen LogP contribution in [0.4, 0.5) is 5.69 Å². The number of benzene rings is 3. The first-order valence-electron chi connectivity index (χ1n) is 11.9. The molecule has 4 rings (SSSR count). The van der Waals surface area contributed by atoms with Gasteiger partial charge in [-0.2, -0.15) is 5.26 Å². The summed E-state index contributed by atoms with van der Waals surface area (Å²) < 4.78 is 0.